The summed E-state index contributed by atoms with van der Waals surface area (Å²) in [6.07, 6.45) is 3.78. The van der Waals surface area contributed by atoms with E-state index in [0.717, 1.165) is 38.8 Å². The summed E-state index contributed by atoms with van der Waals surface area (Å²) in [6.45, 7) is 5.36. The molecule has 3 atom stereocenters. The molecule has 1 aromatic carbocycles. The molecule has 4 rings (SSSR count). The molecule has 5 heteroatoms. The van der Waals surface area contributed by atoms with Gasteiger partial charge < -0.3 is 14.2 Å². The molecule has 0 N–H and O–H groups in total. The zero-order valence-electron chi connectivity index (χ0n) is 15.6. The standard InChI is InChI=1S/C21H29NO4/c1-2-24-20(23)18-12-17-13-21(25-10-11-26-21)9-8-19(17)22(15-18)14-16-6-4-3-5-7-16/h3-7,17-19H,2,8-15H2,1H3. The topological polar surface area (TPSA) is 48.0 Å². The molecule has 2 aliphatic heterocycles. The molecule has 5 nitrogen and oxygen atoms in total. The molecule has 3 aliphatic rings. The van der Waals surface area contributed by atoms with Crippen LogP contribution in [0.3, 0.4) is 0 Å². The van der Waals surface area contributed by atoms with Crippen LogP contribution in [0.15, 0.2) is 30.3 Å². The number of benzene rings is 1. The molecular formula is C21H29NO4. The van der Waals surface area contributed by atoms with Crippen molar-refractivity contribution in [2.24, 2.45) is 11.8 Å². The second-order valence-corrected chi connectivity index (χ2v) is 7.78. The summed E-state index contributed by atoms with van der Waals surface area (Å²) in [7, 11) is 0. The Bertz CT molecular complexity index is 614. The Balaban J connectivity index is 1.53. The van der Waals surface area contributed by atoms with E-state index in [-0.39, 0.29) is 11.9 Å². The third kappa shape index (κ3) is 3.66. The van der Waals surface area contributed by atoms with Crippen LogP contribution in [-0.4, -0.2) is 49.1 Å². The summed E-state index contributed by atoms with van der Waals surface area (Å²) < 4.78 is 17.3. The second-order valence-electron chi connectivity index (χ2n) is 7.78. The van der Waals surface area contributed by atoms with Crippen LogP contribution >= 0.6 is 0 Å². The molecule has 1 spiro atoms. The monoisotopic (exact) mass is 359 g/mol. The van der Waals surface area contributed by atoms with Gasteiger partial charge in [0.2, 0.25) is 0 Å². The van der Waals surface area contributed by atoms with Crippen LogP contribution in [0.5, 0.6) is 0 Å². The van der Waals surface area contributed by atoms with Crippen LogP contribution in [0.25, 0.3) is 0 Å². The summed E-state index contributed by atoms with van der Waals surface area (Å²) in [5.74, 6) is -0.113. The molecule has 0 aromatic heterocycles. The second kappa shape index (κ2) is 7.67. The van der Waals surface area contributed by atoms with Gasteiger partial charge in [-0.1, -0.05) is 30.3 Å². The van der Waals surface area contributed by atoms with Gasteiger partial charge in [0.1, 0.15) is 0 Å². The Labute approximate surface area is 155 Å². The zero-order valence-corrected chi connectivity index (χ0v) is 15.6. The van der Waals surface area contributed by atoms with Gasteiger partial charge in [-0.2, -0.15) is 0 Å². The number of carbonyl (C=O) groups is 1. The van der Waals surface area contributed by atoms with E-state index in [1.807, 2.05) is 13.0 Å². The quantitative estimate of drug-likeness (QED) is 0.774. The lowest BCUT2D eigenvalue weighted by Crippen LogP contribution is -2.55. The van der Waals surface area contributed by atoms with Crippen LogP contribution in [0.4, 0.5) is 0 Å². The number of piperidine rings is 1. The molecule has 1 aromatic rings. The van der Waals surface area contributed by atoms with E-state index >= 15 is 0 Å². The number of hydrogen-bond donors (Lipinski definition) is 0. The van der Waals surface area contributed by atoms with Gasteiger partial charge in [-0.25, -0.2) is 0 Å². The number of rotatable bonds is 4. The Morgan fingerprint density at radius 3 is 2.77 bits per heavy atom. The first-order valence-corrected chi connectivity index (χ1v) is 9.91. The minimum absolute atomic E-state index is 0.0584. The van der Waals surface area contributed by atoms with Gasteiger partial charge in [0.15, 0.2) is 5.79 Å². The van der Waals surface area contributed by atoms with Crippen LogP contribution in [-0.2, 0) is 25.5 Å². The van der Waals surface area contributed by atoms with Crippen molar-refractivity contribution >= 4 is 5.97 Å². The fourth-order valence-corrected chi connectivity index (χ4v) is 5.01. The summed E-state index contributed by atoms with van der Waals surface area (Å²) in [4.78, 5) is 15.0. The Morgan fingerprint density at radius 1 is 1.27 bits per heavy atom. The minimum atomic E-state index is -0.407. The summed E-state index contributed by atoms with van der Waals surface area (Å²) in [5, 5.41) is 0. The van der Waals surface area contributed by atoms with Gasteiger partial charge in [-0.3, -0.25) is 9.69 Å². The van der Waals surface area contributed by atoms with Crippen molar-refractivity contribution in [2.45, 2.75) is 51.0 Å². The van der Waals surface area contributed by atoms with Gasteiger partial charge >= 0.3 is 5.97 Å². The van der Waals surface area contributed by atoms with Crippen molar-refractivity contribution in [1.82, 2.24) is 4.90 Å². The summed E-state index contributed by atoms with van der Waals surface area (Å²) in [5.41, 5.74) is 1.30. The normalized spacial score (nSPS) is 30.9. The fraction of sp³-hybridized carbons (Fsp3) is 0.667. The Morgan fingerprint density at radius 2 is 2.04 bits per heavy atom. The van der Waals surface area contributed by atoms with E-state index in [9.17, 15) is 4.79 Å². The van der Waals surface area contributed by atoms with Crippen LogP contribution in [0.1, 0.15) is 38.2 Å². The molecule has 1 saturated carbocycles. The predicted molar refractivity (Wildman–Crippen MR) is 97.4 cm³/mol. The number of carbonyl (C=O) groups excluding carboxylic acids is 1. The maximum absolute atomic E-state index is 12.5. The molecule has 0 radical (unpaired) electrons. The van der Waals surface area contributed by atoms with Crippen molar-refractivity contribution < 1.29 is 19.0 Å². The van der Waals surface area contributed by atoms with E-state index in [4.69, 9.17) is 14.2 Å². The van der Waals surface area contributed by atoms with E-state index in [1.165, 1.54) is 5.56 Å². The van der Waals surface area contributed by atoms with Gasteiger partial charge in [0.05, 0.1) is 25.7 Å². The largest absolute Gasteiger partial charge is 0.466 e. The first kappa shape index (κ1) is 18.0. The predicted octanol–water partition coefficient (Wildman–Crippen LogP) is 2.98. The maximum Gasteiger partial charge on any atom is 0.310 e. The van der Waals surface area contributed by atoms with Gasteiger partial charge in [0.25, 0.3) is 0 Å². The smallest absolute Gasteiger partial charge is 0.310 e. The molecule has 0 bridgehead atoms. The molecule has 142 valence electrons. The van der Waals surface area contributed by atoms with E-state index in [2.05, 4.69) is 29.2 Å². The Kier molecular flexibility index (Phi) is 5.30. The van der Waals surface area contributed by atoms with Crippen molar-refractivity contribution in [3.8, 4) is 0 Å². The third-order valence-corrected chi connectivity index (χ3v) is 6.11. The summed E-state index contributed by atoms with van der Waals surface area (Å²) in [6, 6.07) is 11.0. The van der Waals surface area contributed by atoms with E-state index in [1.54, 1.807) is 0 Å². The van der Waals surface area contributed by atoms with Crippen molar-refractivity contribution in [2.75, 3.05) is 26.4 Å². The average molecular weight is 359 g/mol. The first-order valence-electron chi connectivity index (χ1n) is 9.91. The molecular weight excluding hydrogens is 330 g/mol. The highest BCUT2D eigenvalue weighted by Crippen LogP contribution is 2.45. The van der Waals surface area contributed by atoms with Crippen molar-refractivity contribution in [3.05, 3.63) is 35.9 Å². The molecule has 26 heavy (non-hydrogen) atoms. The minimum Gasteiger partial charge on any atom is -0.466 e. The number of likely N-dealkylation sites (tertiary alicyclic amines) is 1. The average Bonchev–Trinajstić information content (AvgIpc) is 3.10. The summed E-state index contributed by atoms with van der Waals surface area (Å²) >= 11 is 0. The van der Waals surface area contributed by atoms with E-state index in [0.29, 0.717) is 31.8 Å². The van der Waals surface area contributed by atoms with Crippen LogP contribution in [0, 0.1) is 11.8 Å². The van der Waals surface area contributed by atoms with E-state index < -0.39 is 5.79 Å². The van der Waals surface area contributed by atoms with Gasteiger partial charge in [0, 0.05) is 32.0 Å². The van der Waals surface area contributed by atoms with Gasteiger partial charge in [-0.05, 0) is 31.2 Å². The van der Waals surface area contributed by atoms with Crippen molar-refractivity contribution in [1.29, 1.82) is 0 Å². The highest BCUT2D eigenvalue weighted by Gasteiger charge is 2.50. The first-order chi connectivity index (χ1) is 12.7. The molecule has 3 fully saturated rings. The third-order valence-electron chi connectivity index (χ3n) is 6.11. The number of fused-ring (bicyclic) bond motifs is 1. The highest BCUT2D eigenvalue weighted by molar-refractivity contribution is 5.72. The number of hydrogen-bond acceptors (Lipinski definition) is 5. The van der Waals surface area contributed by atoms with Crippen LogP contribution < -0.4 is 0 Å². The lowest BCUT2D eigenvalue weighted by Gasteiger charge is -2.50. The van der Waals surface area contributed by atoms with Gasteiger partial charge in [-0.15, -0.1) is 0 Å². The fourth-order valence-electron chi connectivity index (χ4n) is 5.01. The highest BCUT2D eigenvalue weighted by atomic mass is 16.7. The zero-order chi connectivity index (χ0) is 18.0. The lowest BCUT2D eigenvalue weighted by atomic mass is 9.72. The lowest BCUT2D eigenvalue weighted by molar-refractivity contribution is -0.205. The molecule has 2 heterocycles. The molecule has 1 aliphatic carbocycles. The number of esters is 1. The molecule has 2 saturated heterocycles. The van der Waals surface area contributed by atoms with Crippen LogP contribution in [0.2, 0.25) is 0 Å². The molecule has 0 amide bonds. The number of ether oxygens (including phenoxy) is 3. The number of nitrogens with zero attached hydrogens (tertiary/aromatic N) is 1. The Hall–Kier alpha value is -1.43. The maximum atomic E-state index is 12.5. The molecule has 3 unspecified atom stereocenters. The SMILES string of the molecule is CCOC(=O)C1CC2CC3(CCC2N(Cc2ccccc2)C1)OCCO3. The van der Waals surface area contributed by atoms with Crippen molar-refractivity contribution in [3.63, 3.8) is 0 Å².